The third-order valence-corrected chi connectivity index (χ3v) is 3.60. The van der Waals surface area contributed by atoms with Crippen molar-refractivity contribution >= 4 is 45.7 Å². The van der Waals surface area contributed by atoms with Crippen molar-refractivity contribution in [3.8, 4) is 0 Å². The number of halogens is 2. The van der Waals surface area contributed by atoms with Gasteiger partial charge < -0.3 is 0 Å². The summed E-state index contributed by atoms with van der Waals surface area (Å²) < 4.78 is 4.58. The number of nitrogens with zero attached hydrogens (tertiary/aromatic N) is 2. The molecule has 0 aromatic carbocycles. The van der Waals surface area contributed by atoms with Gasteiger partial charge in [0.2, 0.25) is 0 Å². The topological polar surface area (TPSA) is 6.48 Å². The van der Waals surface area contributed by atoms with Crippen LogP contribution < -0.4 is 0 Å². The molecule has 0 heterocycles. The molecule has 11 heavy (non-hydrogen) atoms. The molecule has 0 amide bonds. The molecule has 0 aliphatic carbocycles. The zero-order chi connectivity index (χ0) is 7.98. The van der Waals surface area contributed by atoms with E-state index in [9.17, 15) is 0 Å². The molecule has 0 atom stereocenters. The Morgan fingerprint density at radius 2 is 1.18 bits per heavy atom. The van der Waals surface area contributed by atoms with Crippen LogP contribution in [0.1, 0.15) is 13.8 Å². The molecule has 0 unspecified atom stereocenters. The second-order valence-electron chi connectivity index (χ2n) is 2.00. The quantitative estimate of drug-likeness (QED) is 0.375. The maximum Gasteiger partial charge on any atom is 2.00 e. The van der Waals surface area contributed by atoms with Crippen molar-refractivity contribution in [2.45, 2.75) is 13.8 Å². The molecule has 0 aromatic rings. The Hall–Kier alpha value is 2.07. The van der Waals surface area contributed by atoms with Gasteiger partial charge in [-0.05, 0) is 0 Å². The van der Waals surface area contributed by atoms with Gasteiger partial charge in [-0.25, -0.2) is 6.23 Å². The van der Waals surface area contributed by atoms with Crippen LogP contribution in [0.15, 0.2) is 0 Å². The van der Waals surface area contributed by atoms with Crippen LogP contribution in [-0.4, -0.2) is 32.4 Å². The van der Waals surface area contributed by atoms with E-state index >= 15 is 0 Å². The van der Waals surface area contributed by atoms with Crippen molar-refractivity contribution in [3.63, 3.8) is 0 Å². The summed E-state index contributed by atoms with van der Waals surface area (Å²) in [5.41, 5.74) is 0. The molecule has 5 heteroatoms. The van der Waals surface area contributed by atoms with Gasteiger partial charge >= 0.3 is 21.1 Å². The van der Waals surface area contributed by atoms with Crippen LogP contribution in [0.5, 0.6) is 0 Å². The Kier molecular flexibility index (Phi) is 14.3. The van der Waals surface area contributed by atoms with E-state index in [-0.39, 0.29) is 21.1 Å². The predicted octanol–water partition coefficient (Wildman–Crippen LogP) is 2.33. The van der Waals surface area contributed by atoms with Gasteiger partial charge in [-0.3, -0.25) is 0 Å². The van der Waals surface area contributed by atoms with Crippen LogP contribution >= 0.6 is 45.7 Å². The maximum absolute atomic E-state index is 2.36. The Bertz CT molecular complexity index is 75.0. The Morgan fingerprint density at radius 3 is 1.36 bits per heavy atom. The van der Waals surface area contributed by atoms with Gasteiger partial charge in [0.25, 0.3) is 0 Å². The average molecular weight is 563 g/mol. The van der Waals surface area contributed by atoms with Crippen molar-refractivity contribution in [2.75, 3.05) is 26.2 Å². The molecule has 0 N–H and O–H groups in total. The second-order valence-corrected chi connectivity index (χ2v) is 4.73. The van der Waals surface area contributed by atoms with Gasteiger partial charge in [0.1, 0.15) is 0 Å². The minimum atomic E-state index is 0. The normalized spacial score (nSPS) is 10.4. The van der Waals surface area contributed by atoms with Crippen LogP contribution in [-0.2, 0) is 21.1 Å². The third-order valence-electron chi connectivity index (χ3n) is 1.27. The van der Waals surface area contributed by atoms with E-state index in [4.69, 9.17) is 0 Å². The second kappa shape index (κ2) is 10.2. The summed E-state index contributed by atoms with van der Waals surface area (Å²) >= 11 is 4.72. The van der Waals surface area contributed by atoms with Crippen molar-refractivity contribution in [1.82, 2.24) is 6.23 Å². The largest absolute Gasteiger partial charge is 2.00 e. The summed E-state index contributed by atoms with van der Waals surface area (Å²) in [4.78, 5) is 0. The molecule has 0 saturated heterocycles. The van der Waals surface area contributed by atoms with Gasteiger partial charge in [0.05, 0.1) is 0 Å². The minimum absolute atomic E-state index is 0. The molecule has 0 fully saturated rings. The Balaban J connectivity index is 0. The summed E-state index contributed by atoms with van der Waals surface area (Å²) in [6.45, 7) is 8.94. The molecule has 0 aliphatic rings. The summed E-state index contributed by atoms with van der Waals surface area (Å²) in [6, 6.07) is 0. The Morgan fingerprint density at radius 1 is 0.909 bits per heavy atom. The first kappa shape index (κ1) is 15.5. The fourth-order valence-corrected chi connectivity index (χ4v) is 0.965. The number of likely N-dealkylation sites (N-methyl/N-ethyl adjacent to an activating group) is 2. The van der Waals surface area contributed by atoms with E-state index < -0.39 is 0 Å². The summed E-state index contributed by atoms with van der Waals surface area (Å²) in [5, 5.41) is 0. The first-order chi connectivity index (χ1) is 4.70. The summed E-state index contributed by atoms with van der Waals surface area (Å²) in [6.07, 6.45) is 0. The zero-order valence-corrected chi connectivity index (χ0v) is 13.4. The van der Waals surface area contributed by atoms with Crippen molar-refractivity contribution in [3.05, 3.63) is 0 Å². The van der Waals surface area contributed by atoms with E-state index in [1.807, 2.05) is 0 Å². The molecule has 0 radical (unpaired) electrons. The molecular formula is C6H14I2N2Pt+2. The average Bonchev–Trinajstić information content (AvgIpc) is 1.99. The fourth-order valence-electron chi connectivity index (χ4n) is 0.533. The molecule has 0 spiro atoms. The van der Waals surface area contributed by atoms with Gasteiger partial charge in [0.15, 0.2) is 0 Å². The first-order valence-electron chi connectivity index (χ1n) is 3.52. The first-order valence-corrected chi connectivity index (χ1v) is 5.45. The van der Waals surface area contributed by atoms with Crippen molar-refractivity contribution < 1.29 is 21.1 Å². The Labute approximate surface area is 112 Å². The number of hydrogen-bond donors (Lipinski definition) is 0. The monoisotopic (exact) mass is 563 g/mol. The van der Waals surface area contributed by atoms with E-state index in [1.165, 1.54) is 0 Å². The number of hydrogen-bond acceptors (Lipinski definition) is 2. The molecule has 0 saturated carbocycles. The van der Waals surface area contributed by atoms with Crippen LogP contribution in [0.4, 0.5) is 0 Å². The van der Waals surface area contributed by atoms with Crippen molar-refractivity contribution in [1.29, 1.82) is 0 Å². The van der Waals surface area contributed by atoms with Gasteiger partial charge in [-0.15, -0.1) is 0 Å². The van der Waals surface area contributed by atoms with Crippen LogP contribution in [0, 0.1) is 0 Å². The van der Waals surface area contributed by atoms with E-state index in [0.717, 1.165) is 26.2 Å². The minimum Gasteiger partial charge on any atom is -0.247 e. The van der Waals surface area contributed by atoms with E-state index in [0.29, 0.717) is 0 Å². The standard InChI is InChI=1S/C6H14I2N2.Pt/c1-3-9(7)5-6-10(8)4-2;/h3-6H2,1-2H3;/q;+2. The molecule has 0 aliphatic heterocycles. The SMILES string of the molecule is CCN(I)CCN(I)CC.[Pt+2]. The predicted molar refractivity (Wildman–Crippen MR) is 62.5 cm³/mol. The summed E-state index contributed by atoms with van der Waals surface area (Å²) in [7, 11) is 0. The van der Waals surface area contributed by atoms with E-state index in [1.54, 1.807) is 0 Å². The number of rotatable bonds is 5. The van der Waals surface area contributed by atoms with Crippen LogP contribution in [0.2, 0.25) is 0 Å². The zero-order valence-electron chi connectivity index (χ0n) is 6.80. The van der Waals surface area contributed by atoms with Gasteiger partial charge in [0, 0.05) is 71.9 Å². The fraction of sp³-hybridized carbons (Fsp3) is 1.00. The smallest absolute Gasteiger partial charge is 0.247 e. The third kappa shape index (κ3) is 9.99. The molecule has 0 rings (SSSR count). The summed E-state index contributed by atoms with van der Waals surface area (Å²) in [5.74, 6) is 0. The van der Waals surface area contributed by atoms with Gasteiger partial charge in [-0.2, -0.15) is 0 Å². The molecule has 0 aromatic heterocycles. The molecular weight excluding hydrogens is 549 g/mol. The maximum atomic E-state index is 2.36. The van der Waals surface area contributed by atoms with Crippen molar-refractivity contribution in [2.24, 2.45) is 0 Å². The van der Waals surface area contributed by atoms with Crippen LogP contribution in [0.3, 0.4) is 0 Å². The molecule has 0 bridgehead atoms. The van der Waals surface area contributed by atoms with E-state index in [2.05, 4.69) is 65.8 Å². The molecule has 2 nitrogen and oxygen atoms in total. The molecule has 70 valence electrons. The van der Waals surface area contributed by atoms with Gasteiger partial charge in [-0.1, -0.05) is 13.8 Å². The van der Waals surface area contributed by atoms with Crippen LogP contribution in [0.25, 0.3) is 0 Å².